The zero-order valence-corrected chi connectivity index (χ0v) is 8.73. The Balaban J connectivity index is 3.20. The number of hydrogen-bond acceptors (Lipinski definition) is 5. The van der Waals surface area contributed by atoms with Gasteiger partial charge >= 0.3 is 0 Å². The minimum absolute atomic E-state index is 0.0751. The first-order valence-corrected chi connectivity index (χ1v) is 4.45. The smallest absolute Gasteiger partial charge is 0.200 e. The van der Waals surface area contributed by atoms with Gasteiger partial charge in [-0.05, 0) is 17.7 Å². The first-order valence-electron chi connectivity index (χ1n) is 4.45. The van der Waals surface area contributed by atoms with Gasteiger partial charge in [0.05, 0.1) is 26.9 Å². The van der Waals surface area contributed by atoms with Crippen molar-refractivity contribution in [2.75, 3.05) is 20.8 Å². The third-order valence-corrected chi connectivity index (χ3v) is 2.13. The zero-order chi connectivity index (χ0) is 11.4. The van der Waals surface area contributed by atoms with Crippen molar-refractivity contribution in [3.8, 4) is 17.2 Å². The lowest BCUT2D eigenvalue weighted by Crippen LogP contribution is -2.14. The summed E-state index contributed by atoms with van der Waals surface area (Å²) in [5, 5.41) is 18.5. The molecule has 0 aliphatic carbocycles. The lowest BCUT2D eigenvalue weighted by Gasteiger charge is -2.14. The number of hydrogen-bond donors (Lipinski definition) is 3. The van der Waals surface area contributed by atoms with Gasteiger partial charge < -0.3 is 25.4 Å². The Morgan fingerprint density at radius 1 is 1.27 bits per heavy atom. The van der Waals surface area contributed by atoms with Gasteiger partial charge in [-0.3, -0.25) is 0 Å². The second-order valence-corrected chi connectivity index (χ2v) is 3.06. The van der Waals surface area contributed by atoms with E-state index in [0.717, 1.165) is 0 Å². The van der Waals surface area contributed by atoms with E-state index < -0.39 is 6.04 Å². The van der Waals surface area contributed by atoms with Crippen LogP contribution in [0.3, 0.4) is 0 Å². The summed E-state index contributed by atoms with van der Waals surface area (Å²) in [6.07, 6.45) is 0. The number of phenolic OH excluding ortho intramolecular Hbond substituents is 1. The first kappa shape index (κ1) is 11.6. The number of phenols is 1. The van der Waals surface area contributed by atoms with E-state index in [-0.39, 0.29) is 23.9 Å². The molecule has 0 aliphatic rings. The molecule has 0 spiro atoms. The van der Waals surface area contributed by atoms with E-state index in [1.54, 1.807) is 12.1 Å². The van der Waals surface area contributed by atoms with Gasteiger partial charge in [-0.25, -0.2) is 0 Å². The molecule has 5 nitrogen and oxygen atoms in total. The van der Waals surface area contributed by atoms with Gasteiger partial charge in [0.15, 0.2) is 11.5 Å². The molecule has 1 rings (SSSR count). The molecule has 0 fully saturated rings. The number of aliphatic hydroxyl groups is 1. The van der Waals surface area contributed by atoms with Crippen molar-refractivity contribution in [2.45, 2.75) is 6.04 Å². The third-order valence-electron chi connectivity index (χ3n) is 2.13. The molecule has 0 radical (unpaired) electrons. The van der Waals surface area contributed by atoms with E-state index in [9.17, 15) is 5.11 Å². The van der Waals surface area contributed by atoms with E-state index in [1.807, 2.05) is 0 Å². The quantitative estimate of drug-likeness (QED) is 0.674. The molecule has 0 saturated carbocycles. The molecule has 0 amide bonds. The molecule has 1 atom stereocenters. The Morgan fingerprint density at radius 2 is 1.73 bits per heavy atom. The molecule has 0 aliphatic heterocycles. The number of methoxy groups -OCH3 is 2. The van der Waals surface area contributed by atoms with Crippen LogP contribution in [0.1, 0.15) is 11.6 Å². The second-order valence-electron chi connectivity index (χ2n) is 3.06. The minimum atomic E-state index is -0.520. The predicted octanol–water partition coefficient (Wildman–Crippen LogP) is 0.402. The number of ether oxygens (including phenoxy) is 2. The van der Waals surface area contributed by atoms with Crippen LogP contribution in [0.5, 0.6) is 17.2 Å². The van der Waals surface area contributed by atoms with Crippen molar-refractivity contribution in [1.29, 1.82) is 0 Å². The van der Waals surface area contributed by atoms with Crippen LogP contribution in [0.15, 0.2) is 12.1 Å². The van der Waals surface area contributed by atoms with Crippen LogP contribution in [0.2, 0.25) is 0 Å². The molecule has 15 heavy (non-hydrogen) atoms. The van der Waals surface area contributed by atoms with Gasteiger partial charge in [0.1, 0.15) is 0 Å². The summed E-state index contributed by atoms with van der Waals surface area (Å²) in [4.78, 5) is 0. The number of aromatic hydroxyl groups is 1. The molecule has 84 valence electrons. The van der Waals surface area contributed by atoms with Gasteiger partial charge in [0, 0.05) is 0 Å². The standard InChI is InChI=1S/C10H15NO4/c1-14-8-3-6(7(11)5-12)4-9(15-2)10(8)13/h3-4,7,12-13H,5,11H2,1-2H3/t7-/m1/s1. The van der Waals surface area contributed by atoms with Crippen LogP contribution < -0.4 is 15.2 Å². The van der Waals surface area contributed by atoms with Crippen molar-refractivity contribution in [1.82, 2.24) is 0 Å². The maximum atomic E-state index is 9.61. The SMILES string of the molecule is COc1cc([C@H](N)CO)cc(OC)c1O. The molecular formula is C10H15NO4. The van der Waals surface area contributed by atoms with Crippen LogP contribution in [0, 0.1) is 0 Å². The summed E-state index contributed by atoms with van der Waals surface area (Å²) < 4.78 is 9.91. The minimum Gasteiger partial charge on any atom is -0.502 e. The first-order chi connectivity index (χ1) is 7.13. The molecular weight excluding hydrogens is 198 g/mol. The molecule has 0 saturated heterocycles. The third kappa shape index (κ3) is 2.31. The summed E-state index contributed by atoms with van der Waals surface area (Å²) in [5.41, 5.74) is 6.29. The van der Waals surface area contributed by atoms with Crippen LogP contribution in [0.4, 0.5) is 0 Å². The normalized spacial score (nSPS) is 12.3. The zero-order valence-electron chi connectivity index (χ0n) is 8.73. The average molecular weight is 213 g/mol. The molecule has 0 aromatic heterocycles. The summed E-state index contributed by atoms with van der Waals surface area (Å²) in [6, 6.07) is 2.62. The van der Waals surface area contributed by atoms with Crippen molar-refractivity contribution < 1.29 is 19.7 Å². The lowest BCUT2D eigenvalue weighted by molar-refractivity contribution is 0.266. The molecule has 5 heteroatoms. The average Bonchev–Trinajstić information content (AvgIpc) is 2.28. The molecule has 0 bridgehead atoms. The predicted molar refractivity (Wildman–Crippen MR) is 55.2 cm³/mol. The highest BCUT2D eigenvalue weighted by Gasteiger charge is 2.14. The fourth-order valence-corrected chi connectivity index (χ4v) is 1.23. The summed E-state index contributed by atoms with van der Waals surface area (Å²) in [7, 11) is 2.87. The van der Waals surface area contributed by atoms with E-state index in [4.69, 9.17) is 20.3 Å². The van der Waals surface area contributed by atoms with Crippen molar-refractivity contribution in [3.05, 3.63) is 17.7 Å². The number of aliphatic hydroxyl groups excluding tert-OH is 1. The Morgan fingerprint density at radius 3 is 2.07 bits per heavy atom. The Labute approximate surface area is 88.0 Å². The number of rotatable bonds is 4. The van der Waals surface area contributed by atoms with Gasteiger partial charge in [-0.1, -0.05) is 0 Å². The molecule has 1 aromatic rings. The highest BCUT2D eigenvalue weighted by molar-refractivity contribution is 5.53. The highest BCUT2D eigenvalue weighted by Crippen LogP contribution is 2.38. The number of benzene rings is 1. The van der Waals surface area contributed by atoms with Gasteiger partial charge in [0.2, 0.25) is 5.75 Å². The number of nitrogens with two attached hydrogens (primary N) is 1. The van der Waals surface area contributed by atoms with E-state index >= 15 is 0 Å². The van der Waals surface area contributed by atoms with E-state index in [0.29, 0.717) is 5.56 Å². The van der Waals surface area contributed by atoms with Gasteiger partial charge in [-0.2, -0.15) is 0 Å². The topological polar surface area (TPSA) is 84.9 Å². The van der Waals surface area contributed by atoms with Gasteiger partial charge in [-0.15, -0.1) is 0 Å². The van der Waals surface area contributed by atoms with Crippen LogP contribution in [-0.2, 0) is 0 Å². The van der Waals surface area contributed by atoms with Crippen LogP contribution in [0.25, 0.3) is 0 Å². The Hall–Kier alpha value is -1.46. The van der Waals surface area contributed by atoms with Crippen molar-refractivity contribution >= 4 is 0 Å². The van der Waals surface area contributed by atoms with Crippen LogP contribution in [-0.4, -0.2) is 31.0 Å². The Kier molecular flexibility index (Phi) is 3.76. The molecule has 0 heterocycles. The Bertz CT molecular complexity index is 315. The molecule has 1 aromatic carbocycles. The maximum absolute atomic E-state index is 9.61. The molecule has 0 unspecified atom stereocenters. The largest absolute Gasteiger partial charge is 0.502 e. The van der Waals surface area contributed by atoms with Crippen molar-refractivity contribution in [2.24, 2.45) is 5.73 Å². The van der Waals surface area contributed by atoms with Gasteiger partial charge in [0.25, 0.3) is 0 Å². The van der Waals surface area contributed by atoms with Crippen molar-refractivity contribution in [3.63, 3.8) is 0 Å². The summed E-state index contributed by atoms with van der Waals surface area (Å²) >= 11 is 0. The summed E-state index contributed by atoms with van der Waals surface area (Å²) in [6.45, 7) is -0.183. The second kappa shape index (κ2) is 4.86. The fourth-order valence-electron chi connectivity index (χ4n) is 1.23. The fraction of sp³-hybridized carbons (Fsp3) is 0.400. The summed E-state index contributed by atoms with van der Waals surface area (Å²) in [5.74, 6) is 0.468. The maximum Gasteiger partial charge on any atom is 0.200 e. The lowest BCUT2D eigenvalue weighted by atomic mass is 10.1. The highest BCUT2D eigenvalue weighted by atomic mass is 16.5. The van der Waals surface area contributed by atoms with E-state index in [2.05, 4.69) is 0 Å². The van der Waals surface area contributed by atoms with Crippen LogP contribution >= 0.6 is 0 Å². The molecule has 4 N–H and O–H groups in total. The van der Waals surface area contributed by atoms with E-state index in [1.165, 1.54) is 14.2 Å². The monoisotopic (exact) mass is 213 g/mol.